The molecule has 4 aromatic rings. The zero-order chi connectivity index (χ0) is 21.3. The largest absolute Gasteiger partial charge is 0.416 e. The summed E-state index contributed by atoms with van der Waals surface area (Å²) in [5.41, 5.74) is -0.201. The SMILES string of the molecule is O=C(NCc1ccccc1)c1c[nH]n2c(=O)cc(-c3cccc(C(F)(F)F)c3)nc12. The Morgan fingerprint density at radius 3 is 2.57 bits per heavy atom. The molecule has 2 aromatic carbocycles. The zero-order valence-electron chi connectivity index (χ0n) is 15.4. The summed E-state index contributed by atoms with van der Waals surface area (Å²) in [7, 11) is 0. The second-order valence-electron chi connectivity index (χ2n) is 6.57. The number of hydrogen-bond donors (Lipinski definition) is 2. The molecular weight excluding hydrogens is 397 g/mol. The molecule has 4 rings (SSSR count). The molecule has 0 atom stereocenters. The van der Waals surface area contributed by atoms with Crippen LogP contribution >= 0.6 is 0 Å². The van der Waals surface area contributed by atoms with Crippen LogP contribution in [0.15, 0.2) is 71.7 Å². The first-order valence-corrected chi connectivity index (χ1v) is 8.94. The van der Waals surface area contributed by atoms with Crippen LogP contribution in [0.1, 0.15) is 21.5 Å². The molecule has 0 radical (unpaired) electrons. The summed E-state index contributed by atoms with van der Waals surface area (Å²) in [5, 5.41) is 5.39. The molecule has 0 spiro atoms. The van der Waals surface area contributed by atoms with Crippen molar-refractivity contribution in [1.82, 2.24) is 19.9 Å². The van der Waals surface area contributed by atoms with E-state index in [1.807, 2.05) is 30.3 Å². The van der Waals surface area contributed by atoms with Crippen molar-refractivity contribution >= 4 is 11.6 Å². The van der Waals surface area contributed by atoms with Crippen molar-refractivity contribution in [1.29, 1.82) is 0 Å². The number of aromatic amines is 1. The number of hydrogen-bond acceptors (Lipinski definition) is 3. The van der Waals surface area contributed by atoms with E-state index in [9.17, 15) is 22.8 Å². The molecule has 0 saturated heterocycles. The van der Waals surface area contributed by atoms with Gasteiger partial charge in [-0.05, 0) is 17.7 Å². The van der Waals surface area contributed by atoms with Crippen molar-refractivity contribution < 1.29 is 18.0 Å². The minimum Gasteiger partial charge on any atom is -0.348 e. The van der Waals surface area contributed by atoms with Crippen LogP contribution < -0.4 is 10.9 Å². The first kappa shape index (κ1) is 19.4. The van der Waals surface area contributed by atoms with Crippen LogP contribution in [0.25, 0.3) is 16.9 Å². The summed E-state index contributed by atoms with van der Waals surface area (Å²) in [4.78, 5) is 29.3. The topological polar surface area (TPSA) is 79.3 Å². The third-order valence-electron chi connectivity index (χ3n) is 4.52. The van der Waals surface area contributed by atoms with Gasteiger partial charge in [0.1, 0.15) is 5.56 Å². The number of benzene rings is 2. The van der Waals surface area contributed by atoms with Gasteiger partial charge in [-0.25, -0.2) is 9.50 Å². The van der Waals surface area contributed by atoms with Gasteiger partial charge in [-0.2, -0.15) is 13.2 Å². The van der Waals surface area contributed by atoms with Crippen LogP contribution in [0.3, 0.4) is 0 Å². The van der Waals surface area contributed by atoms with Gasteiger partial charge >= 0.3 is 6.18 Å². The van der Waals surface area contributed by atoms with E-state index in [2.05, 4.69) is 15.4 Å². The van der Waals surface area contributed by atoms with Crippen LogP contribution in [-0.4, -0.2) is 20.5 Å². The van der Waals surface area contributed by atoms with Gasteiger partial charge in [0.2, 0.25) is 0 Å². The lowest BCUT2D eigenvalue weighted by Gasteiger charge is -2.09. The molecule has 0 saturated carbocycles. The molecule has 1 amide bonds. The Balaban J connectivity index is 1.70. The standard InChI is InChI=1S/C21H15F3N4O2/c22-21(23,24)15-8-4-7-14(9-15)17-10-18(29)28-19(27-17)16(12-26-28)20(30)25-11-13-5-2-1-3-6-13/h1-10,12,26H,11H2,(H,25,30). The van der Waals surface area contributed by atoms with Crippen LogP contribution in [0, 0.1) is 0 Å². The van der Waals surface area contributed by atoms with E-state index in [0.29, 0.717) is 0 Å². The minimum absolute atomic E-state index is 0.0282. The van der Waals surface area contributed by atoms with Gasteiger partial charge in [0.05, 0.1) is 11.3 Å². The molecule has 0 aliphatic rings. The summed E-state index contributed by atoms with van der Waals surface area (Å²) in [6.07, 6.45) is -3.19. The Labute approximate surface area is 168 Å². The zero-order valence-corrected chi connectivity index (χ0v) is 15.4. The normalized spacial score (nSPS) is 11.6. The van der Waals surface area contributed by atoms with Gasteiger partial charge in [-0.3, -0.25) is 14.7 Å². The average molecular weight is 412 g/mol. The fourth-order valence-electron chi connectivity index (χ4n) is 3.02. The fraction of sp³-hybridized carbons (Fsp3) is 0.0952. The molecule has 0 aliphatic heterocycles. The first-order chi connectivity index (χ1) is 14.3. The summed E-state index contributed by atoms with van der Waals surface area (Å²) in [6, 6.07) is 14.9. The summed E-state index contributed by atoms with van der Waals surface area (Å²) in [5.74, 6) is -0.467. The van der Waals surface area contributed by atoms with Crippen molar-refractivity contribution in [3.8, 4) is 11.3 Å². The van der Waals surface area contributed by atoms with E-state index in [0.717, 1.165) is 28.3 Å². The Kier molecular flexibility index (Phi) is 4.86. The highest BCUT2D eigenvalue weighted by molar-refractivity contribution is 5.99. The number of alkyl halides is 3. The summed E-state index contributed by atoms with van der Waals surface area (Å²) < 4.78 is 40.1. The predicted molar refractivity (Wildman–Crippen MR) is 104 cm³/mol. The quantitative estimate of drug-likeness (QED) is 0.537. The molecule has 0 fully saturated rings. The van der Waals surface area contributed by atoms with E-state index in [4.69, 9.17) is 0 Å². The van der Waals surface area contributed by atoms with Gasteiger partial charge in [0.15, 0.2) is 5.65 Å². The van der Waals surface area contributed by atoms with Crippen LogP contribution in [0.5, 0.6) is 0 Å². The van der Waals surface area contributed by atoms with E-state index in [-0.39, 0.29) is 29.0 Å². The lowest BCUT2D eigenvalue weighted by Crippen LogP contribution is -2.23. The van der Waals surface area contributed by atoms with Gasteiger partial charge in [0.25, 0.3) is 11.5 Å². The molecule has 0 aliphatic carbocycles. The number of nitrogens with one attached hydrogen (secondary N) is 2. The maximum absolute atomic E-state index is 13.0. The van der Waals surface area contributed by atoms with E-state index >= 15 is 0 Å². The van der Waals surface area contributed by atoms with Crippen molar-refractivity contribution in [2.75, 3.05) is 0 Å². The molecule has 152 valence electrons. The minimum atomic E-state index is -4.52. The number of rotatable bonds is 4. The molecule has 2 N–H and O–H groups in total. The number of nitrogens with zero attached hydrogens (tertiary/aromatic N) is 2. The Bertz CT molecular complexity index is 1280. The number of H-pyrrole nitrogens is 1. The Morgan fingerprint density at radius 2 is 1.83 bits per heavy atom. The van der Waals surface area contributed by atoms with Crippen molar-refractivity contribution in [3.63, 3.8) is 0 Å². The molecule has 0 bridgehead atoms. The van der Waals surface area contributed by atoms with Crippen LogP contribution in [0.4, 0.5) is 13.2 Å². The van der Waals surface area contributed by atoms with Gasteiger partial charge in [-0.15, -0.1) is 0 Å². The average Bonchev–Trinajstić information content (AvgIpc) is 3.17. The highest BCUT2D eigenvalue weighted by Gasteiger charge is 2.30. The molecular formula is C21H15F3N4O2. The third kappa shape index (κ3) is 3.82. The smallest absolute Gasteiger partial charge is 0.348 e. The molecule has 2 aromatic heterocycles. The highest BCUT2D eigenvalue weighted by Crippen LogP contribution is 2.31. The van der Waals surface area contributed by atoms with Crippen LogP contribution in [-0.2, 0) is 12.7 Å². The maximum atomic E-state index is 13.0. The van der Waals surface area contributed by atoms with E-state index in [1.165, 1.54) is 18.3 Å². The number of carbonyl (C=O) groups is 1. The second kappa shape index (κ2) is 7.51. The number of halogens is 3. The fourth-order valence-corrected chi connectivity index (χ4v) is 3.02. The van der Waals surface area contributed by atoms with Gasteiger partial charge in [0, 0.05) is 24.4 Å². The lowest BCUT2D eigenvalue weighted by molar-refractivity contribution is -0.137. The Morgan fingerprint density at radius 1 is 1.07 bits per heavy atom. The van der Waals surface area contributed by atoms with Crippen molar-refractivity contribution in [2.45, 2.75) is 12.7 Å². The predicted octanol–water partition coefficient (Wildman–Crippen LogP) is 3.64. The van der Waals surface area contributed by atoms with E-state index in [1.54, 1.807) is 0 Å². The van der Waals surface area contributed by atoms with Gasteiger partial charge < -0.3 is 5.32 Å². The van der Waals surface area contributed by atoms with Crippen molar-refractivity contribution in [3.05, 3.63) is 93.9 Å². The number of aromatic nitrogens is 3. The third-order valence-corrected chi connectivity index (χ3v) is 4.52. The van der Waals surface area contributed by atoms with E-state index < -0.39 is 23.2 Å². The number of carbonyl (C=O) groups excluding carboxylic acids is 1. The molecule has 9 heteroatoms. The molecule has 30 heavy (non-hydrogen) atoms. The maximum Gasteiger partial charge on any atom is 0.416 e. The number of fused-ring (bicyclic) bond motifs is 1. The van der Waals surface area contributed by atoms with Crippen LogP contribution in [0.2, 0.25) is 0 Å². The Hall–Kier alpha value is -3.88. The highest BCUT2D eigenvalue weighted by atomic mass is 19.4. The molecule has 6 nitrogen and oxygen atoms in total. The summed E-state index contributed by atoms with van der Waals surface area (Å²) in [6.45, 7) is 0.272. The number of amides is 1. The van der Waals surface area contributed by atoms with Gasteiger partial charge in [-0.1, -0.05) is 42.5 Å². The molecule has 0 unspecified atom stereocenters. The first-order valence-electron chi connectivity index (χ1n) is 8.94. The molecule has 2 heterocycles. The summed E-state index contributed by atoms with van der Waals surface area (Å²) >= 11 is 0. The van der Waals surface area contributed by atoms with Crippen molar-refractivity contribution in [2.24, 2.45) is 0 Å². The lowest BCUT2D eigenvalue weighted by atomic mass is 10.1. The monoisotopic (exact) mass is 412 g/mol. The second-order valence-corrected chi connectivity index (χ2v) is 6.57.